The fourth-order valence-corrected chi connectivity index (χ4v) is 2.97. The van der Waals surface area contributed by atoms with Gasteiger partial charge in [-0.15, -0.1) is 11.3 Å². The summed E-state index contributed by atoms with van der Waals surface area (Å²) in [6.07, 6.45) is 0. The maximum absolute atomic E-state index is 3.51. The number of aryl methyl sites for hydroxylation is 1. The first-order chi connectivity index (χ1) is 7.70. The molecule has 3 heteroatoms. The summed E-state index contributed by atoms with van der Waals surface area (Å²) < 4.78 is 1.12. The third-order valence-electron chi connectivity index (χ3n) is 2.55. The van der Waals surface area contributed by atoms with Gasteiger partial charge in [0.2, 0.25) is 0 Å². The number of halogens is 1. The fourth-order valence-electron chi connectivity index (χ4n) is 1.83. The summed E-state index contributed by atoms with van der Waals surface area (Å²) >= 11 is 5.31. The van der Waals surface area contributed by atoms with Crippen LogP contribution in [0.3, 0.4) is 0 Å². The molecule has 1 aromatic heterocycles. The van der Waals surface area contributed by atoms with Gasteiger partial charge in [0, 0.05) is 9.35 Å². The van der Waals surface area contributed by atoms with Crippen molar-refractivity contribution in [3.63, 3.8) is 0 Å². The van der Waals surface area contributed by atoms with E-state index in [1.54, 1.807) is 11.3 Å². The van der Waals surface area contributed by atoms with Crippen molar-refractivity contribution in [1.82, 2.24) is 5.32 Å². The van der Waals surface area contributed by atoms with Crippen molar-refractivity contribution in [1.29, 1.82) is 0 Å². The Morgan fingerprint density at radius 2 is 2.06 bits per heavy atom. The van der Waals surface area contributed by atoms with Gasteiger partial charge in [0.25, 0.3) is 0 Å². The number of hydrogen-bond acceptors (Lipinski definition) is 2. The Hall–Kier alpha value is -0.640. The minimum absolute atomic E-state index is 0.280. The lowest BCUT2D eigenvalue weighted by molar-refractivity contribution is 0.693. The first-order valence-electron chi connectivity index (χ1n) is 5.18. The predicted octanol–water partition coefficient (Wildman–Crippen LogP) is 4.13. The van der Waals surface area contributed by atoms with Gasteiger partial charge in [0.15, 0.2) is 0 Å². The molecule has 0 bridgehead atoms. The zero-order valence-corrected chi connectivity index (χ0v) is 11.7. The Kier molecular flexibility index (Phi) is 3.79. The van der Waals surface area contributed by atoms with Crippen molar-refractivity contribution < 1.29 is 0 Å². The molecule has 84 valence electrons. The SMILES string of the molecule is CNC(c1cccc(Br)c1)c1csc(C)c1. The molecule has 16 heavy (non-hydrogen) atoms. The normalized spacial score (nSPS) is 12.7. The molecule has 0 saturated carbocycles. The summed E-state index contributed by atoms with van der Waals surface area (Å²) in [5.41, 5.74) is 2.62. The van der Waals surface area contributed by atoms with Gasteiger partial charge in [-0.2, -0.15) is 0 Å². The second-order valence-electron chi connectivity index (χ2n) is 3.77. The molecular weight excluding hydrogens is 282 g/mol. The summed E-state index contributed by atoms with van der Waals surface area (Å²) in [6.45, 7) is 2.14. The molecule has 2 rings (SSSR count). The van der Waals surface area contributed by atoms with Gasteiger partial charge in [0.05, 0.1) is 6.04 Å². The van der Waals surface area contributed by atoms with Crippen LogP contribution in [0, 0.1) is 6.92 Å². The minimum Gasteiger partial charge on any atom is -0.309 e. The Bertz CT molecular complexity index is 478. The highest BCUT2D eigenvalue weighted by Crippen LogP contribution is 2.27. The highest BCUT2D eigenvalue weighted by atomic mass is 79.9. The monoisotopic (exact) mass is 295 g/mol. The smallest absolute Gasteiger partial charge is 0.0582 e. The second-order valence-corrected chi connectivity index (χ2v) is 5.80. The zero-order valence-electron chi connectivity index (χ0n) is 9.33. The van der Waals surface area contributed by atoms with Gasteiger partial charge in [-0.1, -0.05) is 28.1 Å². The van der Waals surface area contributed by atoms with Crippen LogP contribution >= 0.6 is 27.3 Å². The van der Waals surface area contributed by atoms with Gasteiger partial charge in [-0.3, -0.25) is 0 Å². The molecule has 2 aromatic rings. The van der Waals surface area contributed by atoms with Crippen molar-refractivity contribution in [2.24, 2.45) is 0 Å². The molecule has 1 atom stereocenters. The van der Waals surface area contributed by atoms with Crippen LogP contribution in [0.2, 0.25) is 0 Å². The Morgan fingerprint density at radius 1 is 1.25 bits per heavy atom. The van der Waals surface area contributed by atoms with E-state index in [0.717, 1.165) is 4.47 Å². The van der Waals surface area contributed by atoms with E-state index >= 15 is 0 Å². The fraction of sp³-hybridized carbons (Fsp3) is 0.231. The van der Waals surface area contributed by atoms with E-state index in [1.807, 2.05) is 7.05 Å². The number of benzene rings is 1. The topological polar surface area (TPSA) is 12.0 Å². The van der Waals surface area contributed by atoms with E-state index in [4.69, 9.17) is 0 Å². The Morgan fingerprint density at radius 3 is 2.62 bits per heavy atom. The maximum Gasteiger partial charge on any atom is 0.0582 e. The lowest BCUT2D eigenvalue weighted by Gasteiger charge is -2.15. The molecule has 1 N–H and O–H groups in total. The summed E-state index contributed by atoms with van der Waals surface area (Å²) in [5.74, 6) is 0. The van der Waals surface area contributed by atoms with Crippen LogP contribution in [0.1, 0.15) is 22.0 Å². The molecule has 0 aliphatic carbocycles. The van der Waals surface area contributed by atoms with E-state index < -0.39 is 0 Å². The first kappa shape index (κ1) is 11.8. The minimum atomic E-state index is 0.280. The van der Waals surface area contributed by atoms with Gasteiger partial charge >= 0.3 is 0 Å². The van der Waals surface area contributed by atoms with E-state index in [-0.39, 0.29) is 6.04 Å². The lowest BCUT2D eigenvalue weighted by Crippen LogP contribution is -2.16. The number of thiophene rings is 1. The average Bonchev–Trinajstić information content (AvgIpc) is 2.66. The number of nitrogens with one attached hydrogen (secondary N) is 1. The average molecular weight is 296 g/mol. The van der Waals surface area contributed by atoms with Gasteiger partial charge in [0.1, 0.15) is 0 Å². The molecule has 0 radical (unpaired) electrons. The van der Waals surface area contributed by atoms with Gasteiger partial charge < -0.3 is 5.32 Å². The van der Waals surface area contributed by atoms with Crippen LogP contribution < -0.4 is 5.32 Å². The third kappa shape index (κ3) is 2.54. The highest BCUT2D eigenvalue weighted by Gasteiger charge is 2.12. The second kappa shape index (κ2) is 5.13. The van der Waals surface area contributed by atoms with Crippen molar-refractivity contribution in [3.8, 4) is 0 Å². The van der Waals surface area contributed by atoms with Gasteiger partial charge in [-0.05, 0) is 48.7 Å². The summed E-state index contributed by atoms with van der Waals surface area (Å²) in [4.78, 5) is 1.35. The van der Waals surface area contributed by atoms with Crippen LogP contribution in [0.4, 0.5) is 0 Å². The van der Waals surface area contributed by atoms with E-state index in [2.05, 4.69) is 63.9 Å². The molecule has 0 amide bonds. The quantitative estimate of drug-likeness (QED) is 0.898. The third-order valence-corrected chi connectivity index (χ3v) is 3.93. The molecule has 1 nitrogen and oxygen atoms in total. The molecule has 1 unspecified atom stereocenters. The molecular formula is C13H14BrNS. The molecule has 0 fully saturated rings. The Balaban J connectivity index is 2.36. The largest absolute Gasteiger partial charge is 0.309 e. The van der Waals surface area contributed by atoms with Crippen molar-refractivity contribution >= 4 is 27.3 Å². The van der Waals surface area contributed by atoms with Crippen LogP contribution in [0.5, 0.6) is 0 Å². The summed E-state index contributed by atoms with van der Waals surface area (Å²) in [5, 5.41) is 5.58. The Labute approximate surface area is 109 Å². The number of hydrogen-bond donors (Lipinski definition) is 1. The molecule has 0 saturated heterocycles. The molecule has 1 aromatic carbocycles. The predicted molar refractivity (Wildman–Crippen MR) is 74.1 cm³/mol. The van der Waals surface area contributed by atoms with Crippen molar-refractivity contribution in [3.05, 3.63) is 56.2 Å². The highest BCUT2D eigenvalue weighted by molar-refractivity contribution is 9.10. The number of rotatable bonds is 3. The van der Waals surface area contributed by atoms with E-state index in [9.17, 15) is 0 Å². The van der Waals surface area contributed by atoms with E-state index in [1.165, 1.54) is 16.0 Å². The zero-order chi connectivity index (χ0) is 11.5. The maximum atomic E-state index is 3.51. The lowest BCUT2D eigenvalue weighted by atomic mass is 10.0. The van der Waals surface area contributed by atoms with Crippen molar-refractivity contribution in [2.75, 3.05) is 7.05 Å². The molecule has 0 aliphatic rings. The van der Waals surface area contributed by atoms with E-state index in [0.29, 0.717) is 0 Å². The van der Waals surface area contributed by atoms with Gasteiger partial charge in [-0.25, -0.2) is 0 Å². The van der Waals surface area contributed by atoms with Crippen LogP contribution in [-0.4, -0.2) is 7.05 Å². The summed E-state index contributed by atoms with van der Waals surface area (Å²) in [7, 11) is 2.00. The molecule has 1 heterocycles. The molecule has 0 spiro atoms. The van der Waals surface area contributed by atoms with Crippen LogP contribution in [0.25, 0.3) is 0 Å². The standard InChI is InChI=1S/C13H14BrNS/c1-9-6-11(8-16-9)13(15-2)10-4-3-5-12(14)7-10/h3-8,13,15H,1-2H3. The van der Waals surface area contributed by atoms with Crippen molar-refractivity contribution in [2.45, 2.75) is 13.0 Å². The van der Waals surface area contributed by atoms with Crippen LogP contribution in [0.15, 0.2) is 40.2 Å². The molecule has 0 aliphatic heterocycles. The summed E-state index contributed by atoms with van der Waals surface area (Å²) in [6, 6.07) is 11.0. The van der Waals surface area contributed by atoms with Crippen LogP contribution in [-0.2, 0) is 0 Å². The first-order valence-corrected chi connectivity index (χ1v) is 6.85.